The molecule has 0 saturated carbocycles. The molecular formula is C13H18BrNO3. The number of furan rings is 1. The van der Waals surface area contributed by atoms with E-state index in [1.54, 1.807) is 6.26 Å². The Labute approximate surface area is 115 Å². The van der Waals surface area contributed by atoms with E-state index < -0.39 is 11.4 Å². The minimum Gasteiger partial charge on any atom is -0.481 e. The first-order valence-corrected chi connectivity index (χ1v) is 6.92. The first kappa shape index (κ1) is 13.6. The van der Waals surface area contributed by atoms with Crippen molar-refractivity contribution < 1.29 is 14.3 Å². The van der Waals surface area contributed by atoms with E-state index in [2.05, 4.69) is 20.8 Å². The number of aliphatic carboxylic acids is 1. The molecule has 4 nitrogen and oxygen atoms in total. The normalized spacial score (nSPS) is 24.9. The number of halogens is 1. The van der Waals surface area contributed by atoms with E-state index >= 15 is 0 Å². The molecule has 0 radical (unpaired) electrons. The summed E-state index contributed by atoms with van der Waals surface area (Å²) in [5.74, 6) is 0.318. The van der Waals surface area contributed by atoms with Gasteiger partial charge in [-0.3, -0.25) is 9.69 Å². The van der Waals surface area contributed by atoms with Gasteiger partial charge in [-0.25, -0.2) is 0 Å². The highest BCUT2D eigenvalue weighted by Gasteiger charge is 2.47. The summed E-state index contributed by atoms with van der Waals surface area (Å²) in [4.78, 5) is 13.7. The van der Waals surface area contributed by atoms with Crippen LogP contribution in [-0.4, -0.2) is 29.1 Å². The maximum Gasteiger partial charge on any atom is 0.311 e. The largest absolute Gasteiger partial charge is 0.481 e. The number of carboxylic acid groups (broad SMARTS) is 1. The van der Waals surface area contributed by atoms with Crippen LogP contribution in [0.2, 0.25) is 0 Å². The maximum atomic E-state index is 11.5. The van der Waals surface area contributed by atoms with E-state index in [4.69, 9.17) is 4.42 Å². The SMILES string of the molecule is CC(C)C1(C(=O)O)CCN(Cc2occc2Br)C1. The van der Waals surface area contributed by atoms with Crippen molar-refractivity contribution in [1.82, 2.24) is 4.90 Å². The Balaban J connectivity index is 2.08. The summed E-state index contributed by atoms with van der Waals surface area (Å²) >= 11 is 3.42. The van der Waals surface area contributed by atoms with Gasteiger partial charge in [0.25, 0.3) is 0 Å². The monoisotopic (exact) mass is 315 g/mol. The first-order chi connectivity index (χ1) is 8.45. The molecule has 1 atom stereocenters. The van der Waals surface area contributed by atoms with E-state index in [1.807, 2.05) is 19.9 Å². The van der Waals surface area contributed by atoms with Crippen LogP contribution in [0.4, 0.5) is 0 Å². The molecule has 1 N–H and O–H groups in total. The molecule has 5 heteroatoms. The number of nitrogens with zero attached hydrogens (tertiary/aromatic N) is 1. The number of carbonyl (C=O) groups is 1. The van der Waals surface area contributed by atoms with Gasteiger partial charge in [0.2, 0.25) is 0 Å². The molecule has 0 aromatic carbocycles. The molecule has 1 unspecified atom stereocenters. The Morgan fingerprint density at radius 1 is 1.67 bits per heavy atom. The second kappa shape index (κ2) is 5.05. The minimum absolute atomic E-state index is 0.139. The molecule has 1 aliphatic rings. The molecule has 0 amide bonds. The number of hydrogen-bond donors (Lipinski definition) is 1. The minimum atomic E-state index is -0.682. The fraction of sp³-hybridized carbons (Fsp3) is 0.615. The third kappa shape index (κ3) is 2.34. The molecule has 2 heterocycles. The van der Waals surface area contributed by atoms with Gasteiger partial charge < -0.3 is 9.52 Å². The van der Waals surface area contributed by atoms with Gasteiger partial charge >= 0.3 is 5.97 Å². The van der Waals surface area contributed by atoms with Crippen LogP contribution >= 0.6 is 15.9 Å². The number of rotatable bonds is 4. The van der Waals surface area contributed by atoms with Crippen molar-refractivity contribution in [3.63, 3.8) is 0 Å². The van der Waals surface area contributed by atoms with Crippen LogP contribution in [0.1, 0.15) is 26.0 Å². The zero-order valence-corrected chi connectivity index (χ0v) is 12.2. The highest BCUT2D eigenvalue weighted by Crippen LogP contribution is 2.39. The third-order valence-electron chi connectivity index (χ3n) is 3.97. The topological polar surface area (TPSA) is 53.7 Å². The summed E-state index contributed by atoms with van der Waals surface area (Å²) in [7, 11) is 0. The van der Waals surface area contributed by atoms with Gasteiger partial charge in [-0.05, 0) is 40.9 Å². The van der Waals surface area contributed by atoms with Crippen molar-refractivity contribution in [2.24, 2.45) is 11.3 Å². The summed E-state index contributed by atoms with van der Waals surface area (Å²) in [5, 5.41) is 9.47. The quantitative estimate of drug-likeness (QED) is 0.928. The predicted octanol–water partition coefficient (Wildman–Crippen LogP) is 2.97. The number of carboxylic acids is 1. The average molecular weight is 316 g/mol. The van der Waals surface area contributed by atoms with Crippen molar-refractivity contribution in [3.8, 4) is 0 Å². The second-order valence-corrected chi connectivity index (χ2v) is 6.12. The van der Waals surface area contributed by atoms with Gasteiger partial charge in [0.1, 0.15) is 5.76 Å². The lowest BCUT2D eigenvalue weighted by Gasteiger charge is -2.28. The molecule has 1 aromatic rings. The average Bonchev–Trinajstić information content (AvgIpc) is 2.88. The molecule has 0 spiro atoms. The van der Waals surface area contributed by atoms with Crippen molar-refractivity contribution >= 4 is 21.9 Å². The van der Waals surface area contributed by atoms with Crippen LogP contribution < -0.4 is 0 Å². The summed E-state index contributed by atoms with van der Waals surface area (Å²) in [6.45, 7) is 6.03. The Morgan fingerprint density at radius 3 is 2.83 bits per heavy atom. The molecular weight excluding hydrogens is 298 g/mol. The summed E-state index contributed by atoms with van der Waals surface area (Å²) in [6, 6.07) is 1.86. The molecule has 0 bridgehead atoms. The van der Waals surface area contributed by atoms with Gasteiger partial charge in [0, 0.05) is 6.54 Å². The van der Waals surface area contributed by atoms with Crippen molar-refractivity contribution in [2.45, 2.75) is 26.8 Å². The van der Waals surface area contributed by atoms with Gasteiger partial charge in [-0.2, -0.15) is 0 Å². The number of likely N-dealkylation sites (tertiary alicyclic amines) is 1. The van der Waals surface area contributed by atoms with Gasteiger partial charge in [0.05, 0.1) is 22.7 Å². The molecule has 100 valence electrons. The van der Waals surface area contributed by atoms with E-state index in [0.717, 1.165) is 16.8 Å². The molecule has 1 aromatic heterocycles. The zero-order chi connectivity index (χ0) is 13.3. The summed E-state index contributed by atoms with van der Waals surface area (Å²) in [5.41, 5.74) is -0.612. The third-order valence-corrected chi connectivity index (χ3v) is 4.68. The van der Waals surface area contributed by atoms with Gasteiger partial charge in [-0.15, -0.1) is 0 Å². The first-order valence-electron chi connectivity index (χ1n) is 6.13. The molecule has 18 heavy (non-hydrogen) atoms. The summed E-state index contributed by atoms with van der Waals surface area (Å²) in [6.07, 6.45) is 2.35. The standard InChI is InChI=1S/C13H18BrNO3/c1-9(2)13(12(16)17)4-5-15(8-13)7-11-10(14)3-6-18-11/h3,6,9H,4-5,7-8H2,1-2H3,(H,16,17). The van der Waals surface area contributed by atoms with Crippen molar-refractivity contribution in [2.75, 3.05) is 13.1 Å². The molecule has 1 fully saturated rings. The summed E-state index contributed by atoms with van der Waals surface area (Å²) < 4.78 is 6.32. The highest BCUT2D eigenvalue weighted by atomic mass is 79.9. The smallest absolute Gasteiger partial charge is 0.311 e. The van der Waals surface area contributed by atoms with Crippen molar-refractivity contribution in [3.05, 3.63) is 22.6 Å². The van der Waals surface area contributed by atoms with Crippen LogP contribution in [0.3, 0.4) is 0 Å². The number of hydrogen-bond acceptors (Lipinski definition) is 3. The van der Waals surface area contributed by atoms with Crippen LogP contribution in [-0.2, 0) is 11.3 Å². The zero-order valence-electron chi connectivity index (χ0n) is 10.6. The van der Waals surface area contributed by atoms with E-state index in [1.165, 1.54) is 0 Å². The van der Waals surface area contributed by atoms with Crippen LogP contribution in [0.25, 0.3) is 0 Å². The van der Waals surface area contributed by atoms with Crippen LogP contribution in [0, 0.1) is 11.3 Å². The van der Waals surface area contributed by atoms with Crippen LogP contribution in [0.15, 0.2) is 21.2 Å². The van der Waals surface area contributed by atoms with Crippen LogP contribution in [0.5, 0.6) is 0 Å². The maximum absolute atomic E-state index is 11.5. The molecule has 2 rings (SSSR count). The van der Waals surface area contributed by atoms with E-state index in [9.17, 15) is 9.90 Å². The predicted molar refractivity (Wildman–Crippen MR) is 71.2 cm³/mol. The lowest BCUT2D eigenvalue weighted by Crippen LogP contribution is -2.39. The Hall–Kier alpha value is -0.810. The Kier molecular flexibility index (Phi) is 3.82. The Morgan fingerprint density at radius 2 is 2.39 bits per heavy atom. The van der Waals surface area contributed by atoms with E-state index in [0.29, 0.717) is 19.5 Å². The molecule has 0 aliphatic carbocycles. The van der Waals surface area contributed by atoms with Crippen molar-refractivity contribution in [1.29, 1.82) is 0 Å². The fourth-order valence-corrected chi connectivity index (χ4v) is 2.91. The fourth-order valence-electron chi connectivity index (χ4n) is 2.58. The molecule has 1 aliphatic heterocycles. The lowest BCUT2D eigenvalue weighted by molar-refractivity contribution is -0.151. The van der Waals surface area contributed by atoms with Gasteiger partial charge in [-0.1, -0.05) is 13.8 Å². The molecule has 1 saturated heterocycles. The Bertz CT molecular complexity index is 443. The lowest BCUT2D eigenvalue weighted by atomic mass is 9.76. The highest BCUT2D eigenvalue weighted by molar-refractivity contribution is 9.10. The van der Waals surface area contributed by atoms with E-state index in [-0.39, 0.29) is 5.92 Å². The van der Waals surface area contributed by atoms with Gasteiger partial charge in [0.15, 0.2) is 0 Å². The second-order valence-electron chi connectivity index (χ2n) is 5.27.